The predicted octanol–water partition coefficient (Wildman–Crippen LogP) is 2.47. The van der Waals surface area contributed by atoms with Crippen molar-refractivity contribution in [1.29, 1.82) is 0 Å². The van der Waals surface area contributed by atoms with Gasteiger partial charge in [-0.3, -0.25) is 0 Å². The van der Waals surface area contributed by atoms with Crippen LogP contribution in [0.25, 0.3) is 0 Å². The molecule has 0 aliphatic rings. The van der Waals surface area contributed by atoms with Crippen LogP contribution in [0.2, 0.25) is 0 Å². The van der Waals surface area contributed by atoms with Crippen molar-refractivity contribution in [2.24, 2.45) is 0 Å². The van der Waals surface area contributed by atoms with E-state index in [0.29, 0.717) is 18.0 Å². The quantitative estimate of drug-likeness (QED) is 0.806. The molecule has 0 aromatic heterocycles. The summed E-state index contributed by atoms with van der Waals surface area (Å²) < 4.78 is 5.23. The summed E-state index contributed by atoms with van der Waals surface area (Å²) in [7, 11) is 1.59. The van der Waals surface area contributed by atoms with Gasteiger partial charge >= 0.3 is 6.03 Å². The molecule has 0 atom stereocenters. The van der Waals surface area contributed by atoms with E-state index in [4.69, 9.17) is 4.74 Å². The van der Waals surface area contributed by atoms with Crippen LogP contribution in [-0.4, -0.2) is 44.2 Å². The number of nitrogens with zero attached hydrogens (tertiary/aromatic N) is 1. The number of carbonyl (C=O) groups is 1. The van der Waals surface area contributed by atoms with Gasteiger partial charge in [-0.05, 0) is 37.7 Å². The molecule has 5 heteroatoms. The highest BCUT2D eigenvalue weighted by molar-refractivity contribution is 5.91. The Hall–Kier alpha value is -1.75. The Morgan fingerprint density at radius 2 is 2.00 bits per heavy atom. The van der Waals surface area contributed by atoms with Crippen LogP contribution in [0.3, 0.4) is 0 Å². The van der Waals surface area contributed by atoms with Crippen LogP contribution in [0.5, 0.6) is 5.75 Å². The van der Waals surface area contributed by atoms with E-state index < -0.39 is 0 Å². The first-order chi connectivity index (χ1) is 9.60. The maximum Gasteiger partial charge on any atom is 0.319 e. The third kappa shape index (κ3) is 5.09. The average Bonchev–Trinajstić information content (AvgIpc) is 2.44. The van der Waals surface area contributed by atoms with Gasteiger partial charge in [-0.2, -0.15) is 0 Å². The number of hydrogen-bond acceptors (Lipinski definition) is 3. The minimum atomic E-state index is -0.207. The first-order valence-electron chi connectivity index (χ1n) is 7.02. The van der Waals surface area contributed by atoms with E-state index in [1.807, 2.05) is 25.1 Å². The molecule has 0 aliphatic carbocycles. The van der Waals surface area contributed by atoms with E-state index in [9.17, 15) is 4.79 Å². The highest BCUT2D eigenvalue weighted by Crippen LogP contribution is 2.24. The van der Waals surface area contributed by atoms with Gasteiger partial charge in [0, 0.05) is 13.1 Å². The Morgan fingerprint density at radius 3 is 2.60 bits per heavy atom. The van der Waals surface area contributed by atoms with Crippen LogP contribution in [-0.2, 0) is 0 Å². The number of aryl methyl sites for hydroxylation is 1. The van der Waals surface area contributed by atoms with Gasteiger partial charge in [0.05, 0.1) is 12.8 Å². The predicted molar refractivity (Wildman–Crippen MR) is 82.5 cm³/mol. The summed E-state index contributed by atoms with van der Waals surface area (Å²) >= 11 is 0. The van der Waals surface area contributed by atoms with Gasteiger partial charge in [-0.1, -0.05) is 19.9 Å². The number of carbonyl (C=O) groups excluding carboxylic acids is 1. The average molecular weight is 279 g/mol. The molecule has 20 heavy (non-hydrogen) atoms. The second kappa shape index (κ2) is 8.43. The number of nitrogens with one attached hydrogen (secondary N) is 2. The highest BCUT2D eigenvalue weighted by atomic mass is 16.5. The standard InChI is InChI=1S/C15H25N3O2/c1-5-18(6-2)10-9-16-15(19)17-13-11-12(3)7-8-14(13)20-4/h7-8,11H,5-6,9-10H2,1-4H3,(H2,16,17,19). The number of hydrogen-bond donors (Lipinski definition) is 2. The van der Waals surface area contributed by atoms with Crippen LogP contribution in [0.1, 0.15) is 19.4 Å². The van der Waals surface area contributed by atoms with E-state index in [1.54, 1.807) is 7.11 Å². The molecule has 2 amide bonds. The molecule has 0 radical (unpaired) electrons. The fourth-order valence-electron chi connectivity index (χ4n) is 1.95. The first kappa shape index (κ1) is 16.3. The summed E-state index contributed by atoms with van der Waals surface area (Å²) in [5.74, 6) is 0.662. The van der Waals surface area contributed by atoms with Crippen LogP contribution in [0.15, 0.2) is 18.2 Å². The number of methoxy groups -OCH3 is 1. The van der Waals surface area contributed by atoms with E-state index in [0.717, 1.165) is 25.2 Å². The van der Waals surface area contributed by atoms with Gasteiger partial charge in [0.2, 0.25) is 0 Å². The third-order valence-corrected chi connectivity index (χ3v) is 3.21. The van der Waals surface area contributed by atoms with Crippen molar-refractivity contribution in [3.8, 4) is 5.75 Å². The minimum Gasteiger partial charge on any atom is -0.495 e. The molecule has 0 heterocycles. The lowest BCUT2D eigenvalue weighted by atomic mass is 10.2. The van der Waals surface area contributed by atoms with Gasteiger partial charge in [-0.25, -0.2) is 4.79 Å². The Morgan fingerprint density at radius 1 is 1.30 bits per heavy atom. The van der Waals surface area contributed by atoms with Gasteiger partial charge in [0.15, 0.2) is 0 Å². The molecule has 0 saturated heterocycles. The lowest BCUT2D eigenvalue weighted by molar-refractivity contribution is 0.247. The lowest BCUT2D eigenvalue weighted by Gasteiger charge is -2.18. The zero-order valence-corrected chi connectivity index (χ0v) is 12.8. The molecule has 1 aromatic rings. The van der Waals surface area contributed by atoms with Crippen LogP contribution < -0.4 is 15.4 Å². The first-order valence-corrected chi connectivity index (χ1v) is 7.02. The smallest absolute Gasteiger partial charge is 0.319 e. The molecular formula is C15H25N3O2. The topological polar surface area (TPSA) is 53.6 Å². The monoisotopic (exact) mass is 279 g/mol. The normalized spacial score (nSPS) is 10.4. The van der Waals surface area contributed by atoms with Gasteiger partial charge in [0.1, 0.15) is 5.75 Å². The van der Waals surface area contributed by atoms with E-state index >= 15 is 0 Å². The van der Waals surface area contributed by atoms with Crippen molar-refractivity contribution in [2.45, 2.75) is 20.8 Å². The maximum absolute atomic E-state index is 11.9. The summed E-state index contributed by atoms with van der Waals surface area (Å²) in [6.45, 7) is 9.66. The van der Waals surface area contributed by atoms with E-state index in [2.05, 4.69) is 29.4 Å². The highest BCUT2D eigenvalue weighted by Gasteiger charge is 2.07. The zero-order valence-electron chi connectivity index (χ0n) is 12.8. The molecule has 2 N–H and O–H groups in total. The summed E-state index contributed by atoms with van der Waals surface area (Å²) in [6, 6.07) is 5.48. The fraction of sp³-hybridized carbons (Fsp3) is 0.533. The van der Waals surface area contributed by atoms with Crippen molar-refractivity contribution >= 4 is 11.7 Å². The molecule has 0 saturated carbocycles. The largest absolute Gasteiger partial charge is 0.495 e. The number of urea groups is 1. The minimum absolute atomic E-state index is 0.207. The summed E-state index contributed by atoms with van der Waals surface area (Å²) in [4.78, 5) is 14.1. The number of ether oxygens (including phenoxy) is 1. The van der Waals surface area contributed by atoms with Gasteiger partial charge < -0.3 is 20.3 Å². The molecule has 0 fully saturated rings. The van der Waals surface area contributed by atoms with Crippen LogP contribution in [0, 0.1) is 6.92 Å². The second-order valence-electron chi connectivity index (χ2n) is 4.61. The Kier molecular flexibility index (Phi) is 6.87. The van der Waals surface area contributed by atoms with E-state index in [1.165, 1.54) is 0 Å². The number of rotatable bonds is 7. The molecule has 1 rings (SSSR count). The Balaban J connectivity index is 2.48. The van der Waals surface area contributed by atoms with E-state index in [-0.39, 0.29) is 6.03 Å². The lowest BCUT2D eigenvalue weighted by Crippen LogP contribution is -2.36. The molecule has 5 nitrogen and oxygen atoms in total. The van der Waals surface area contributed by atoms with Crippen LogP contribution >= 0.6 is 0 Å². The Labute approximate surface area is 121 Å². The van der Waals surface area contributed by atoms with Crippen LogP contribution in [0.4, 0.5) is 10.5 Å². The van der Waals surface area contributed by atoms with Gasteiger partial charge in [-0.15, -0.1) is 0 Å². The molecule has 0 unspecified atom stereocenters. The molecule has 0 aliphatic heterocycles. The number of amides is 2. The summed E-state index contributed by atoms with van der Waals surface area (Å²) in [5, 5.41) is 5.67. The molecular weight excluding hydrogens is 254 g/mol. The third-order valence-electron chi connectivity index (χ3n) is 3.21. The molecule has 0 spiro atoms. The van der Waals surface area contributed by atoms with Crippen molar-refractivity contribution in [1.82, 2.24) is 10.2 Å². The fourth-order valence-corrected chi connectivity index (χ4v) is 1.95. The van der Waals surface area contributed by atoms with Crippen molar-refractivity contribution in [3.05, 3.63) is 23.8 Å². The number of anilines is 1. The number of likely N-dealkylation sites (N-methyl/N-ethyl adjacent to an activating group) is 1. The van der Waals surface area contributed by atoms with Crippen molar-refractivity contribution in [2.75, 3.05) is 38.6 Å². The second-order valence-corrected chi connectivity index (χ2v) is 4.61. The summed E-state index contributed by atoms with van der Waals surface area (Å²) in [5.41, 5.74) is 1.76. The molecule has 0 bridgehead atoms. The maximum atomic E-state index is 11.9. The zero-order chi connectivity index (χ0) is 15.0. The van der Waals surface area contributed by atoms with Gasteiger partial charge in [0.25, 0.3) is 0 Å². The molecule has 1 aromatic carbocycles. The SMILES string of the molecule is CCN(CC)CCNC(=O)Nc1cc(C)ccc1OC. The summed E-state index contributed by atoms with van der Waals surface area (Å²) in [6.07, 6.45) is 0. The molecule has 112 valence electrons. The van der Waals surface area contributed by atoms with Crippen molar-refractivity contribution in [3.63, 3.8) is 0 Å². The number of benzene rings is 1. The Bertz CT molecular complexity index is 431. The van der Waals surface area contributed by atoms with Crippen molar-refractivity contribution < 1.29 is 9.53 Å².